The molecule has 36 heavy (non-hydrogen) atoms. The molecule has 3 heterocycles. The number of ether oxygens (including phenoxy) is 1. The minimum Gasteiger partial charge on any atom is -0.459 e. The Kier molecular flexibility index (Phi) is 6.11. The fourth-order valence-electron chi connectivity index (χ4n) is 4.20. The van der Waals surface area contributed by atoms with Crippen LogP contribution in [0.25, 0.3) is 17.2 Å². The number of amides is 1. The van der Waals surface area contributed by atoms with E-state index in [1.165, 1.54) is 10.6 Å². The van der Waals surface area contributed by atoms with Crippen LogP contribution in [0.4, 0.5) is 5.69 Å². The van der Waals surface area contributed by atoms with E-state index in [0.717, 1.165) is 11.1 Å². The van der Waals surface area contributed by atoms with Gasteiger partial charge in [0.25, 0.3) is 5.56 Å². The van der Waals surface area contributed by atoms with Crippen LogP contribution in [0.1, 0.15) is 23.2 Å². The first-order valence-electron chi connectivity index (χ1n) is 11.6. The number of carbonyl (C=O) groups excluding carboxylic acids is 2. The Bertz CT molecular complexity index is 1510. The van der Waals surface area contributed by atoms with E-state index in [9.17, 15) is 19.5 Å². The predicted molar refractivity (Wildman–Crippen MR) is 131 cm³/mol. The minimum absolute atomic E-state index is 0.00784. The molecule has 0 spiro atoms. The maximum absolute atomic E-state index is 12.7. The summed E-state index contributed by atoms with van der Waals surface area (Å²) >= 11 is 0. The summed E-state index contributed by atoms with van der Waals surface area (Å²) in [5.74, 6) is -0.0535. The second kappa shape index (κ2) is 9.38. The van der Waals surface area contributed by atoms with Crippen molar-refractivity contribution in [1.82, 2.24) is 19.2 Å². The number of aliphatic hydroxyl groups is 1. The molecule has 1 amide bonds. The molecular formula is C26H25N5O5. The highest BCUT2D eigenvalue weighted by molar-refractivity contribution is 5.90. The average Bonchev–Trinajstić information content (AvgIpc) is 3.42. The average molecular weight is 488 g/mol. The van der Waals surface area contributed by atoms with Crippen LogP contribution < -0.4 is 10.9 Å². The van der Waals surface area contributed by atoms with E-state index in [-0.39, 0.29) is 30.2 Å². The van der Waals surface area contributed by atoms with Gasteiger partial charge in [0.05, 0.1) is 6.42 Å². The zero-order valence-electron chi connectivity index (χ0n) is 19.8. The number of hydrogen-bond acceptors (Lipinski definition) is 7. The van der Waals surface area contributed by atoms with Crippen molar-refractivity contribution >= 4 is 23.3 Å². The largest absolute Gasteiger partial charge is 0.459 e. The van der Waals surface area contributed by atoms with Crippen molar-refractivity contribution in [2.45, 2.75) is 45.4 Å². The van der Waals surface area contributed by atoms with Crippen LogP contribution in [0.5, 0.6) is 0 Å². The first kappa shape index (κ1) is 23.4. The SMILES string of the molecule is Cc1ccc(NC(=O)Cn2c(C)cc(=O)n3nc(-c4ccc(C[C@H]5OC(=O)C[C@@H]5O)cc4)nc23)cc1. The van der Waals surface area contributed by atoms with Gasteiger partial charge in [0, 0.05) is 29.4 Å². The van der Waals surface area contributed by atoms with E-state index in [0.29, 0.717) is 29.2 Å². The molecule has 0 bridgehead atoms. The second-order valence-corrected chi connectivity index (χ2v) is 8.97. The van der Waals surface area contributed by atoms with Crippen molar-refractivity contribution in [2.24, 2.45) is 0 Å². The van der Waals surface area contributed by atoms with Gasteiger partial charge in [-0.2, -0.15) is 9.50 Å². The van der Waals surface area contributed by atoms with Crippen molar-refractivity contribution in [3.05, 3.63) is 81.8 Å². The molecule has 2 N–H and O–H groups in total. The van der Waals surface area contributed by atoms with Crippen LogP contribution in [0.2, 0.25) is 0 Å². The van der Waals surface area contributed by atoms with Gasteiger partial charge in [-0.15, -0.1) is 5.10 Å². The molecule has 0 unspecified atom stereocenters. The third-order valence-electron chi connectivity index (χ3n) is 6.17. The Labute approximate surface area is 206 Å². The number of nitrogens with one attached hydrogen (secondary N) is 1. The fraction of sp³-hybridized carbons (Fsp3) is 0.269. The van der Waals surface area contributed by atoms with Crippen LogP contribution in [-0.2, 0) is 27.3 Å². The molecule has 2 aromatic carbocycles. The number of rotatable bonds is 6. The standard InChI is InChI=1S/C26H25N5O5/c1-15-3-9-19(10-4-15)27-22(33)14-30-16(2)11-23(34)31-26(30)28-25(29-31)18-7-5-17(6-8-18)12-21-20(32)13-24(35)36-21/h3-11,20-21,32H,12-14H2,1-2H3,(H,27,33)/t20-,21+/m0/s1. The van der Waals surface area contributed by atoms with Crippen LogP contribution in [-0.4, -0.2) is 48.4 Å². The first-order valence-corrected chi connectivity index (χ1v) is 11.6. The predicted octanol–water partition coefficient (Wildman–Crippen LogP) is 2.03. The van der Waals surface area contributed by atoms with Gasteiger partial charge in [-0.1, -0.05) is 42.0 Å². The van der Waals surface area contributed by atoms with Crippen molar-refractivity contribution in [3.63, 3.8) is 0 Å². The maximum atomic E-state index is 12.7. The van der Waals surface area contributed by atoms with Crippen LogP contribution >= 0.6 is 0 Å². The van der Waals surface area contributed by atoms with Crippen molar-refractivity contribution < 1.29 is 19.4 Å². The van der Waals surface area contributed by atoms with Crippen LogP contribution in [0, 0.1) is 13.8 Å². The Morgan fingerprint density at radius 2 is 1.83 bits per heavy atom. The lowest BCUT2D eigenvalue weighted by Crippen LogP contribution is -2.25. The summed E-state index contributed by atoms with van der Waals surface area (Å²) in [6, 6.07) is 16.2. The molecule has 1 fully saturated rings. The van der Waals surface area contributed by atoms with Crippen molar-refractivity contribution in [3.8, 4) is 11.4 Å². The molecular weight excluding hydrogens is 462 g/mol. The number of fused-ring (bicyclic) bond motifs is 1. The monoisotopic (exact) mass is 487 g/mol. The van der Waals surface area contributed by atoms with Gasteiger partial charge in [0.1, 0.15) is 18.8 Å². The summed E-state index contributed by atoms with van der Waals surface area (Å²) in [6.07, 6.45) is -0.970. The number of hydrogen-bond donors (Lipinski definition) is 2. The number of aliphatic hydroxyl groups excluding tert-OH is 1. The summed E-state index contributed by atoms with van der Waals surface area (Å²) in [5.41, 5.74) is 3.58. The zero-order chi connectivity index (χ0) is 25.4. The van der Waals surface area contributed by atoms with Gasteiger partial charge in [0.2, 0.25) is 11.7 Å². The molecule has 10 heteroatoms. The summed E-state index contributed by atoms with van der Waals surface area (Å²) in [6.45, 7) is 3.68. The van der Waals surface area contributed by atoms with Gasteiger partial charge in [-0.3, -0.25) is 14.4 Å². The highest BCUT2D eigenvalue weighted by atomic mass is 16.6. The molecule has 10 nitrogen and oxygen atoms in total. The molecule has 0 aliphatic carbocycles. The number of cyclic esters (lactones) is 1. The third kappa shape index (κ3) is 4.76. The molecule has 4 aromatic rings. The fourth-order valence-corrected chi connectivity index (χ4v) is 4.20. The second-order valence-electron chi connectivity index (χ2n) is 8.97. The van der Waals surface area contributed by atoms with Crippen LogP contribution in [0.3, 0.4) is 0 Å². The van der Waals surface area contributed by atoms with Gasteiger partial charge in [0.15, 0.2) is 5.82 Å². The molecule has 1 aliphatic rings. The number of anilines is 1. The zero-order valence-corrected chi connectivity index (χ0v) is 19.8. The highest BCUT2D eigenvalue weighted by Crippen LogP contribution is 2.22. The smallest absolute Gasteiger partial charge is 0.308 e. The molecule has 184 valence electrons. The van der Waals surface area contributed by atoms with Gasteiger partial charge in [-0.05, 0) is 31.5 Å². The molecule has 0 saturated carbocycles. The molecule has 1 saturated heterocycles. The highest BCUT2D eigenvalue weighted by Gasteiger charge is 2.33. The third-order valence-corrected chi connectivity index (χ3v) is 6.17. The summed E-state index contributed by atoms with van der Waals surface area (Å²) in [4.78, 5) is 41.3. The quantitative estimate of drug-likeness (QED) is 0.398. The normalized spacial score (nSPS) is 17.4. The minimum atomic E-state index is -0.811. The molecule has 1 aliphatic heterocycles. The lowest BCUT2D eigenvalue weighted by Gasteiger charge is -2.12. The first-order chi connectivity index (χ1) is 17.3. The Morgan fingerprint density at radius 3 is 2.50 bits per heavy atom. The number of nitrogens with zero attached hydrogens (tertiary/aromatic N) is 4. The number of aryl methyl sites for hydroxylation is 2. The van der Waals surface area contributed by atoms with E-state index in [1.807, 2.05) is 43.3 Å². The van der Waals surface area contributed by atoms with Gasteiger partial charge >= 0.3 is 5.97 Å². The van der Waals surface area contributed by atoms with Gasteiger partial charge in [-0.25, -0.2) is 0 Å². The van der Waals surface area contributed by atoms with Crippen molar-refractivity contribution in [2.75, 3.05) is 5.32 Å². The molecule has 0 radical (unpaired) electrons. The molecule has 2 atom stereocenters. The van der Waals surface area contributed by atoms with E-state index in [1.54, 1.807) is 23.6 Å². The Morgan fingerprint density at radius 1 is 1.11 bits per heavy atom. The number of carbonyl (C=O) groups is 2. The van der Waals surface area contributed by atoms with E-state index in [2.05, 4.69) is 15.4 Å². The molecule has 2 aromatic heterocycles. The maximum Gasteiger partial charge on any atom is 0.308 e. The number of aromatic nitrogens is 4. The van der Waals surface area contributed by atoms with Crippen LogP contribution in [0.15, 0.2) is 59.4 Å². The van der Waals surface area contributed by atoms with E-state index >= 15 is 0 Å². The van der Waals surface area contributed by atoms with Gasteiger partial charge < -0.3 is 19.7 Å². The van der Waals surface area contributed by atoms with Crippen molar-refractivity contribution in [1.29, 1.82) is 0 Å². The van der Waals surface area contributed by atoms with E-state index < -0.39 is 18.2 Å². The Balaban J connectivity index is 1.39. The summed E-state index contributed by atoms with van der Waals surface area (Å²) in [5, 5.41) is 17.2. The Hall–Kier alpha value is -4.31. The summed E-state index contributed by atoms with van der Waals surface area (Å²) < 4.78 is 7.99. The molecule has 5 rings (SSSR count). The topological polar surface area (TPSA) is 128 Å². The van der Waals surface area contributed by atoms with E-state index in [4.69, 9.17) is 4.74 Å². The lowest BCUT2D eigenvalue weighted by atomic mass is 10.0. The lowest BCUT2D eigenvalue weighted by molar-refractivity contribution is -0.141. The number of esters is 1. The summed E-state index contributed by atoms with van der Waals surface area (Å²) in [7, 11) is 0. The number of benzene rings is 2.